The minimum absolute atomic E-state index is 0.0120. The van der Waals surface area contributed by atoms with E-state index in [0.717, 1.165) is 6.42 Å². The number of ketones is 2. The van der Waals surface area contributed by atoms with Crippen molar-refractivity contribution in [2.24, 2.45) is 47.3 Å². The lowest BCUT2D eigenvalue weighted by atomic mass is 9.72. The fraction of sp³-hybridized carbons (Fsp3) is 0.884. The highest BCUT2D eigenvalue weighted by Crippen LogP contribution is 2.53. The van der Waals surface area contributed by atoms with Gasteiger partial charge in [0.2, 0.25) is 11.6 Å². The van der Waals surface area contributed by atoms with Gasteiger partial charge in [0.1, 0.15) is 5.78 Å². The molecule has 11 nitrogen and oxygen atoms in total. The molecule has 5 aliphatic rings. The van der Waals surface area contributed by atoms with Crippen molar-refractivity contribution in [1.82, 2.24) is 0 Å². The van der Waals surface area contributed by atoms with E-state index in [1.165, 1.54) is 6.08 Å². The van der Waals surface area contributed by atoms with E-state index >= 15 is 0 Å². The first-order valence-electron chi connectivity index (χ1n) is 21.0. The summed E-state index contributed by atoms with van der Waals surface area (Å²) in [5.41, 5.74) is -1.71. The van der Waals surface area contributed by atoms with Gasteiger partial charge >= 0.3 is 5.97 Å². The van der Waals surface area contributed by atoms with Gasteiger partial charge in [0, 0.05) is 30.1 Å². The van der Waals surface area contributed by atoms with Crippen LogP contribution >= 0.6 is 0 Å². The van der Waals surface area contributed by atoms with Crippen LogP contribution in [0.5, 0.6) is 0 Å². The highest BCUT2D eigenvalue weighted by Gasteiger charge is 2.63. The Morgan fingerprint density at radius 3 is 2.09 bits per heavy atom. The summed E-state index contributed by atoms with van der Waals surface area (Å²) in [6.07, 6.45) is 5.09. The quantitative estimate of drug-likeness (QED) is 0.196. The zero-order valence-electron chi connectivity index (χ0n) is 34.7. The molecule has 5 rings (SSSR count). The Balaban J connectivity index is 1.32. The predicted octanol–water partition coefficient (Wildman–Crippen LogP) is 6.64. The molecule has 5 heterocycles. The lowest BCUT2D eigenvalue weighted by Crippen LogP contribution is -2.62. The van der Waals surface area contributed by atoms with Crippen LogP contribution in [0.25, 0.3) is 0 Å². The van der Waals surface area contributed by atoms with E-state index in [4.69, 9.17) is 23.7 Å². The first-order chi connectivity index (χ1) is 25.2. The van der Waals surface area contributed by atoms with Crippen molar-refractivity contribution in [3.05, 3.63) is 12.2 Å². The molecule has 11 heteroatoms. The number of aliphatic hydroxyl groups is 2. The third-order valence-corrected chi connectivity index (χ3v) is 14.6. The standard InChI is InChI=1S/C43H70O11/c1-12-30(35(46)27(8)34(45)28(9)36-23(4)21-24(5)37(51-36)31(13-2)39(47)48)38-25(6)22-26(7)42(52-38)18-15-32(44)43(54-42)20-19-40(11,53-43)33-16-17-41(49,14-3)29(10)50-33/h15,18,23-31,33-34,36-38,45,49H,12-14,16-17,19-22H2,1-11H3,(H,47,48)/t23-,24-,25-,26+,27-,28-,29-,30-,31+,33+,34+,36+,37+,38?,40-,41+,42-,43-/m0/s1. The SMILES string of the molecule is CC[C@@H](C(=O)[C@@H](C)[C@@H](O)[C@H](C)[C@@H]1O[C@@H]([C@@H](CC)C(=O)O)[C@@H](C)C[C@@H]1C)C1O[C@]2(C=CC(=O)[C@]3(CC[C@@](C)([C@H]4CC[C@](O)(CC)[C@H](C)O4)O3)O2)[C@H](C)C[C@@H]1C. The van der Waals surface area contributed by atoms with Gasteiger partial charge in [-0.1, -0.05) is 62.3 Å². The normalized spacial score (nSPS) is 45.6. The molecule has 1 unspecified atom stereocenters. The second-order valence-corrected chi connectivity index (χ2v) is 18.3. The van der Waals surface area contributed by atoms with Crippen LogP contribution in [0.4, 0.5) is 0 Å². The molecule has 0 bridgehead atoms. The first kappa shape index (κ1) is 43.4. The van der Waals surface area contributed by atoms with Crippen molar-refractivity contribution in [2.45, 2.75) is 193 Å². The molecule has 54 heavy (non-hydrogen) atoms. The second kappa shape index (κ2) is 16.3. The number of aliphatic carboxylic acids is 1. The minimum Gasteiger partial charge on any atom is -0.481 e. The highest BCUT2D eigenvalue weighted by atomic mass is 16.8. The van der Waals surface area contributed by atoms with Gasteiger partial charge in [-0.3, -0.25) is 14.4 Å². The summed E-state index contributed by atoms with van der Waals surface area (Å²) in [4.78, 5) is 40.2. The number of ether oxygens (including phenoxy) is 5. The largest absolute Gasteiger partial charge is 0.481 e. The summed E-state index contributed by atoms with van der Waals surface area (Å²) in [6, 6.07) is 0. The molecule has 4 fully saturated rings. The van der Waals surface area contributed by atoms with E-state index in [1.54, 1.807) is 13.0 Å². The van der Waals surface area contributed by atoms with Crippen LogP contribution in [-0.2, 0) is 38.1 Å². The van der Waals surface area contributed by atoms with Crippen LogP contribution in [0.2, 0.25) is 0 Å². The molecule has 18 atom stereocenters. The Morgan fingerprint density at radius 2 is 1.50 bits per heavy atom. The topological polar surface area (TPSA) is 158 Å². The lowest BCUT2D eigenvalue weighted by molar-refractivity contribution is -0.378. The Kier molecular flexibility index (Phi) is 13.1. The van der Waals surface area contributed by atoms with Crippen molar-refractivity contribution in [3.63, 3.8) is 0 Å². The van der Waals surface area contributed by atoms with Gasteiger partial charge in [-0.05, 0) is 95.1 Å². The molecule has 0 aliphatic carbocycles. The van der Waals surface area contributed by atoms with Crippen molar-refractivity contribution in [1.29, 1.82) is 0 Å². The molecule has 0 saturated carbocycles. The van der Waals surface area contributed by atoms with Crippen molar-refractivity contribution < 1.29 is 53.4 Å². The number of carboxylic acid groups (broad SMARTS) is 1. The van der Waals surface area contributed by atoms with Gasteiger partial charge < -0.3 is 39.0 Å². The number of carbonyl (C=O) groups is 3. The number of Topliss-reactive ketones (excluding diaryl/α,β-unsaturated/α-hetero) is 1. The van der Waals surface area contributed by atoms with Crippen LogP contribution in [0.1, 0.15) is 134 Å². The monoisotopic (exact) mass is 762 g/mol. The molecular formula is C43H70O11. The number of carboxylic acids is 1. The molecule has 308 valence electrons. The van der Waals surface area contributed by atoms with E-state index in [-0.39, 0.29) is 47.4 Å². The van der Waals surface area contributed by atoms with Gasteiger partial charge in [0.25, 0.3) is 0 Å². The molecule has 0 amide bonds. The summed E-state index contributed by atoms with van der Waals surface area (Å²) in [6.45, 7) is 21.5. The van der Waals surface area contributed by atoms with Gasteiger partial charge in [-0.15, -0.1) is 0 Å². The molecule has 4 saturated heterocycles. The van der Waals surface area contributed by atoms with Gasteiger partial charge in [-0.25, -0.2) is 0 Å². The first-order valence-corrected chi connectivity index (χ1v) is 21.0. The number of aliphatic hydroxyl groups excluding tert-OH is 1. The van der Waals surface area contributed by atoms with E-state index in [9.17, 15) is 29.7 Å². The maximum atomic E-state index is 14.5. The zero-order valence-corrected chi connectivity index (χ0v) is 34.7. The third-order valence-electron chi connectivity index (χ3n) is 14.6. The Morgan fingerprint density at radius 1 is 0.870 bits per heavy atom. The van der Waals surface area contributed by atoms with Crippen molar-refractivity contribution in [3.8, 4) is 0 Å². The lowest BCUT2D eigenvalue weighted by Gasteiger charge is -2.53. The molecule has 0 aromatic heterocycles. The second-order valence-electron chi connectivity index (χ2n) is 18.3. The van der Waals surface area contributed by atoms with Gasteiger partial charge in [0.05, 0.1) is 53.7 Å². The number of carbonyl (C=O) groups excluding carboxylic acids is 2. The van der Waals surface area contributed by atoms with Crippen LogP contribution in [0.15, 0.2) is 12.2 Å². The fourth-order valence-corrected chi connectivity index (χ4v) is 10.8. The Bertz CT molecular complexity index is 1400. The van der Waals surface area contributed by atoms with Crippen molar-refractivity contribution in [2.75, 3.05) is 0 Å². The van der Waals surface area contributed by atoms with Crippen LogP contribution < -0.4 is 0 Å². The number of hydrogen-bond donors (Lipinski definition) is 3. The van der Waals surface area contributed by atoms with E-state index in [1.807, 2.05) is 55.4 Å². The minimum atomic E-state index is -1.57. The van der Waals surface area contributed by atoms with Gasteiger partial charge in [0.15, 0.2) is 5.79 Å². The fourth-order valence-electron chi connectivity index (χ4n) is 10.8. The molecule has 0 aromatic rings. The van der Waals surface area contributed by atoms with E-state index < -0.39 is 76.8 Å². The highest BCUT2D eigenvalue weighted by molar-refractivity contribution is 5.97. The number of hydrogen-bond acceptors (Lipinski definition) is 10. The summed E-state index contributed by atoms with van der Waals surface area (Å²) >= 11 is 0. The van der Waals surface area contributed by atoms with E-state index in [0.29, 0.717) is 51.4 Å². The van der Waals surface area contributed by atoms with Crippen molar-refractivity contribution >= 4 is 17.5 Å². The van der Waals surface area contributed by atoms with Crippen LogP contribution in [0.3, 0.4) is 0 Å². The Labute approximate surface area is 323 Å². The maximum Gasteiger partial charge on any atom is 0.309 e. The molecule has 0 radical (unpaired) electrons. The molecule has 0 aromatic carbocycles. The molecular weight excluding hydrogens is 692 g/mol. The summed E-state index contributed by atoms with van der Waals surface area (Å²) in [7, 11) is 0. The average molecular weight is 763 g/mol. The maximum absolute atomic E-state index is 14.5. The summed E-state index contributed by atoms with van der Waals surface area (Å²) in [5.74, 6) is -6.49. The molecule has 5 aliphatic heterocycles. The summed E-state index contributed by atoms with van der Waals surface area (Å²) < 4.78 is 33.3. The average Bonchev–Trinajstić information content (AvgIpc) is 3.47. The van der Waals surface area contributed by atoms with Crippen LogP contribution in [0, 0.1) is 47.3 Å². The predicted molar refractivity (Wildman–Crippen MR) is 202 cm³/mol. The Hall–Kier alpha value is -1.73. The third kappa shape index (κ3) is 7.78. The molecule has 3 N–H and O–H groups in total. The molecule has 2 spiro atoms. The smallest absolute Gasteiger partial charge is 0.309 e. The summed E-state index contributed by atoms with van der Waals surface area (Å²) in [5, 5.41) is 32.7. The van der Waals surface area contributed by atoms with E-state index in [2.05, 4.69) is 13.8 Å². The number of rotatable bonds is 12. The van der Waals surface area contributed by atoms with Gasteiger partial charge in [-0.2, -0.15) is 0 Å². The zero-order chi connectivity index (χ0) is 40.1. The van der Waals surface area contributed by atoms with Crippen LogP contribution in [-0.4, -0.2) is 92.3 Å².